The van der Waals surface area contributed by atoms with Gasteiger partial charge in [-0.15, -0.1) is 0 Å². The summed E-state index contributed by atoms with van der Waals surface area (Å²) in [4.78, 5) is 36.4. The highest BCUT2D eigenvalue weighted by atomic mass is 16.5. The molecule has 1 N–H and O–H groups in total. The molecule has 2 aromatic carbocycles. The molecule has 0 unspecified atom stereocenters. The number of carbonyl (C=O) groups excluding carboxylic acids is 2. The minimum atomic E-state index is -0.730. The predicted molar refractivity (Wildman–Crippen MR) is 103 cm³/mol. The number of aromatic nitrogens is 2. The van der Waals surface area contributed by atoms with E-state index in [1.807, 2.05) is 60.7 Å². The number of esters is 1. The number of rotatable bonds is 6. The lowest BCUT2D eigenvalue weighted by molar-refractivity contribution is -0.143. The monoisotopic (exact) mass is 377 g/mol. The standard InChI is InChI=1S/C21H19N3O4/c1-15-12-18(25)20(23-24(15)17-10-6-3-7-11-17)21(27)22-13-19(26)28-14-16-8-4-2-5-9-16/h2-12H,13-14H2,1H3,(H,22,27). The summed E-state index contributed by atoms with van der Waals surface area (Å²) in [7, 11) is 0. The molecule has 0 aliphatic carbocycles. The summed E-state index contributed by atoms with van der Waals surface area (Å²) in [6.07, 6.45) is 0. The van der Waals surface area contributed by atoms with Gasteiger partial charge in [-0.1, -0.05) is 48.5 Å². The Kier molecular flexibility index (Phi) is 5.96. The lowest BCUT2D eigenvalue weighted by Gasteiger charge is -2.11. The largest absolute Gasteiger partial charge is 0.460 e. The van der Waals surface area contributed by atoms with Crippen LogP contribution in [0.5, 0.6) is 0 Å². The van der Waals surface area contributed by atoms with Gasteiger partial charge in [0.1, 0.15) is 13.2 Å². The molecule has 3 rings (SSSR count). The predicted octanol–water partition coefficient (Wildman–Crippen LogP) is 2.01. The minimum Gasteiger partial charge on any atom is -0.460 e. The molecule has 0 atom stereocenters. The van der Waals surface area contributed by atoms with Crippen LogP contribution in [-0.2, 0) is 16.1 Å². The van der Waals surface area contributed by atoms with E-state index in [1.54, 1.807) is 6.92 Å². The molecule has 0 radical (unpaired) electrons. The Morgan fingerprint density at radius 3 is 2.36 bits per heavy atom. The van der Waals surface area contributed by atoms with E-state index >= 15 is 0 Å². The Labute approximate surface area is 161 Å². The van der Waals surface area contributed by atoms with Crippen LogP contribution < -0.4 is 10.7 Å². The summed E-state index contributed by atoms with van der Waals surface area (Å²) in [5, 5.41) is 6.54. The third-order valence-electron chi connectivity index (χ3n) is 3.96. The van der Waals surface area contributed by atoms with Gasteiger partial charge in [0.05, 0.1) is 5.69 Å². The summed E-state index contributed by atoms with van der Waals surface area (Å²) >= 11 is 0. The fraction of sp³-hybridized carbons (Fsp3) is 0.143. The van der Waals surface area contributed by atoms with Gasteiger partial charge in [0, 0.05) is 11.8 Å². The van der Waals surface area contributed by atoms with Crippen LogP contribution in [0.25, 0.3) is 5.69 Å². The minimum absolute atomic E-state index is 0.110. The average molecular weight is 377 g/mol. The van der Waals surface area contributed by atoms with E-state index < -0.39 is 17.3 Å². The van der Waals surface area contributed by atoms with Crippen LogP contribution in [0.1, 0.15) is 21.7 Å². The van der Waals surface area contributed by atoms with E-state index in [-0.39, 0.29) is 18.8 Å². The van der Waals surface area contributed by atoms with Gasteiger partial charge in [-0.05, 0) is 24.6 Å². The van der Waals surface area contributed by atoms with Crippen LogP contribution in [0.15, 0.2) is 71.5 Å². The van der Waals surface area contributed by atoms with Gasteiger partial charge in [-0.3, -0.25) is 14.4 Å². The van der Waals surface area contributed by atoms with Crippen LogP contribution in [-0.4, -0.2) is 28.2 Å². The molecule has 0 saturated heterocycles. The second kappa shape index (κ2) is 8.77. The third-order valence-corrected chi connectivity index (χ3v) is 3.96. The fourth-order valence-corrected chi connectivity index (χ4v) is 2.56. The zero-order valence-electron chi connectivity index (χ0n) is 15.3. The highest BCUT2D eigenvalue weighted by Gasteiger charge is 2.16. The van der Waals surface area contributed by atoms with Gasteiger partial charge in [-0.25, -0.2) is 4.68 Å². The van der Waals surface area contributed by atoms with Crippen molar-refractivity contribution in [3.63, 3.8) is 0 Å². The number of benzene rings is 2. The molecule has 28 heavy (non-hydrogen) atoms. The molecule has 7 heteroatoms. The summed E-state index contributed by atoms with van der Waals surface area (Å²) in [5.74, 6) is -1.33. The molecule has 0 spiro atoms. The van der Waals surface area contributed by atoms with E-state index in [4.69, 9.17) is 4.74 Å². The first kappa shape index (κ1) is 19.0. The van der Waals surface area contributed by atoms with Crippen LogP contribution in [0.3, 0.4) is 0 Å². The van der Waals surface area contributed by atoms with Gasteiger partial charge >= 0.3 is 5.97 Å². The molecule has 0 aliphatic rings. The van der Waals surface area contributed by atoms with Crippen molar-refractivity contribution in [3.05, 3.63) is 93.9 Å². The number of nitrogens with one attached hydrogen (secondary N) is 1. The zero-order chi connectivity index (χ0) is 19.9. The maximum Gasteiger partial charge on any atom is 0.325 e. The number of carbonyl (C=O) groups is 2. The molecule has 0 bridgehead atoms. The van der Waals surface area contributed by atoms with E-state index in [0.29, 0.717) is 5.69 Å². The Morgan fingerprint density at radius 1 is 1.04 bits per heavy atom. The highest BCUT2D eigenvalue weighted by molar-refractivity contribution is 5.94. The summed E-state index contributed by atoms with van der Waals surface area (Å²) < 4.78 is 6.60. The maximum absolute atomic E-state index is 12.3. The number of para-hydroxylation sites is 1. The molecular formula is C21H19N3O4. The molecule has 7 nitrogen and oxygen atoms in total. The zero-order valence-corrected chi connectivity index (χ0v) is 15.3. The van der Waals surface area contributed by atoms with E-state index in [0.717, 1.165) is 11.3 Å². The summed E-state index contributed by atoms with van der Waals surface area (Å²) in [6.45, 7) is 1.48. The Morgan fingerprint density at radius 2 is 1.68 bits per heavy atom. The van der Waals surface area contributed by atoms with Gasteiger partial charge in [0.15, 0.2) is 5.69 Å². The van der Waals surface area contributed by atoms with E-state index in [2.05, 4.69) is 10.4 Å². The molecular weight excluding hydrogens is 358 g/mol. The van der Waals surface area contributed by atoms with Gasteiger partial charge in [-0.2, -0.15) is 5.10 Å². The molecule has 142 valence electrons. The lowest BCUT2D eigenvalue weighted by Crippen LogP contribution is -2.35. The van der Waals surface area contributed by atoms with Crippen molar-refractivity contribution >= 4 is 11.9 Å². The molecule has 0 saturated carbocycles. The maximum atomic E-state index is 12.3. The quantitative estimate of drug-likeness (QED) is 0.664. The summed E-state index contributed by atoms with van der Waals surface area (Å²) in [6, 6.07) is 19.7. The Hall–Kier alpha value is -3.74. The first-order chi connectivity index (χ1) is 13.5. The lowest BCUT2D eigenvalue weighted by atomic mass is 10.2. The molecule has 3 aromatic rings. The van der Waals surface area contributed by atoms with Crippen molar-refractivity contribution in [3.8, 4) is 5.69 Å². The molecule has 0 aliphatic heterocycles. The summed E-state index contributed by atoms with van der Waals surface area (Å²) in [5.41, 5.74) is 1.35. The third kappa shape index (κ3) is 4.70. The fourth-order valence-electron chi connectivity index (χ4n) is 2.56. The topological polar surface area (TPSA) is 90.3 Å². The first-order valence-electron chi connectivity index (χ1n) is 8.69. The average Bonchev–Trinajstić information content (AvgIpc) is 2.72. The highest BCUT2D eigenvalue weighted by Crippen LogP contribution is 2.07. The number of amides is 1. The van der Waals surface area contributed by atoms with Gasteiger partial charge in [0.2, 0.25) is 5.43 Å². The van der Waals surface area contributed by atoms with Crippen LogP contribution in [0.2, 0.25) is 0 Å². The molecule has 1 amide bonds. The molecule has 0 fully saturated rings. The van der Waals surface area contributed by atoms with Crippen molar-refractivity contribution in [2.24, 2.45) is 0 Å². The van der Waals surface area contributed by atoms with Crippen LogP contribution in [0.4, 0.5) is 0 Å². The van der Waals surface area contributed by atoms with Crippen LogP contribution >= 0.6 is 0 Å². The molecule has 1 aromatic heterocycles. The second-order valence-electron chi connectivity index (χ2n) is 6.07. The van der Waals surface area contributed by atoms with E-state index in [9.17, 15) is 14.4 Å². The smallest absolute Gasteiger partial charge is 0.325 e. The van der Waals surface area contributed by atoms with Crippen molar-refractivity contribution in [2.45, 2.75) is 13.5 Å². The number of nitrogens with zero attached hydrogens (tertiary/aromatic N) is 2. The second-order valence-corrected chi connectivity index (χ2v) is 6.07. The molecule has 1 heterocycles. The number of hydrogen-bond acceptors (Lipinski definition) is 5. The van der Waals surface area contributed by atoms with Gasteiger partial charge in [0.25, 0.3) is 5.91 Å². The number of ether oxygens (including phenoxy) is 1. The van der Waals surface area contributed by atoms with E-state index in [1.165, 1.54) is 10.7 Å². The Balaban J connectivity index is 1.65. The SMILES string of the molecule is Cc1cc(=O)c(C(=O)NCC(=O)OCc2ccccc2)nn1-c1ccccc1. The van der Waals surface area contributed by atoms with Gasteiger partial charge < -0.3 is 10.1 Å². The van der Waals surface area contributed by atoms with Crippen LogP contribution in [0, 0.1) is 6.92 Å². The van der Waals surface area contributed by atoms with Crippen molar-refractivity contribution in [2.75, 3.05) is 6.54 Å². The Bertz CT molecular complexity index is 1030. The number of aryl methyl sites for hydroxylation is 1. The normalized spacial score (nSPS) is 10.3. The number of hydrogen-bond donors (Lipinski definition) is 1. The van der Waals surface area contributed by atoms with Crippen molar-refractivity contribution < 1.29 is 14.3 Å². The first-order valence-corrected chi connectivity index (χ1v) is 8.69. The van der Waals surface area contributed by atoms with Crippen molar-refractivity contribution in [1.82, 2.24) is 15.1 Å². The van der Waals surface area contributed by atoms with Crippen molar-refractivity contribution in [1.29, 1.82) is 0 Å².